The van der Waals surface area contributed by atoms with Crippen molar-refractivity contribution in [3.8, 4) is 0 Å². The van der Waals surface area contributed by atoms with E-state index in [-0.39, 0.29) is 5.38 Å². The zero-order valence-corrected chi connectivity index (χ0v) is 12.0. The molecular weight excluding hydrogens is 267 g/mol. The quantitative estimate of drug-likeness (QED) is 0.751. The Morgan fingerprint density at radius 3 is 2.83 bits per heavy atom. The third-order valence-electron chi connectivity index (χ3n) is 2.91. The monoisotopic (exact) mass is 282 g/mol. The summed E-state index contributed by atoms with van der Waals surface area (Å²) in [6, 6.07) is 6.07. The number of benzene rings is 1. The molecule has 0 saturated carbocycles. The van der Waals surface area contributed by atoms with E-state index in [1.165, 1.54) is 0 Å². The second kappa shape index (κ2) is 5.77. The minimum absolute atomic E-state index is 0.0345. The Hall–Kier alpha value is -0.990. The summed E-state index contributed by atoms with van der Waals surface area (Å²) in [7, 11) is 0. The van der Waals surface area contributed by atoms with Gasteiger partial charge >= 0.3 is 0 Å². The van der Waals surface area contributed by atoms with Gasteiger partial charge in [-0.15, -0.1) is 11.6 Å². The highest BCUT2D eigenvalue weighted by atomic mass is 35.5. The molecule has 0 saturated heterocycles. The molecule has 18 heavy (non-hydrogen) atoms. The summed E-state index contributed by atoms with van der Waals surface area (Å²) in [6.07, 6.45) is 4.71. The fourth-order valence-electron chi connectivity index (χ4n) is 1.82. The zero-order chi connectivity index (χ0) is 13.1. The van der Waals surface area contributed by atoms with E-state index in [9.17, 15) is 0 Å². The molecule has 0 aliphatic heterocycles. The summed E-state index contributed by atoms with van der Waals surface area (Å²) >= 11 is 12.4. The largest absolute Gasteiger partial charge is 0.268 e. The van der Waals surface area contributed by atoms with Gasteiger partial charge in [-0.2, -0.15) is 5.10 Å². The Morgan fingerprint density at radius 2 is 2.17 bits per heavy atom. The Balaban J connectivity index is 2.16. The molecule has 0 radical (unpaired) electrons. The second-order valence-corrected chi connectivity index (χ2v) is 5.38. The minimum atomic E-state index is 0.0345. The van der Waals surface area contributed by atoms with E-state index < -0.39 is 0 Å². The number of hydrogen-bond donors (Lipinski definition) is 0. The van der Waals surface area contributed by atoms with Gasteiger partial charge < -0.3 is 0 Å². The lowest BCUT2D eigenvalue weighted by Crippen LogP contribution is -2.00. The van der Waals surface area contributed by atoms with Crippen molar-refractivity contribution in [1.82, 2.24) is 9.78 Å². The molecule has 2 nitrogen and oxygen atoms in total. The highest BCUT2D eigenvalue weighted by Gasteiger charge is 2.09. The number of alkyl halides is 1. The van der Waals surface area contributed by atoms with Gasteiger partial charge in [0, 0.05) is 16.8 Å². The summed E-state index contributed by atoms with van der Waals surface area (Å²) in [5.74, 6) is 0. The van der Waals surface area contributed by atoms with Crippen molar-refractivity contribution in [2.45, 2.75) is 32.2 Å². The zero-order valence-electron chi connectivity index (χ0n) is 10.5. The van der Waals surface area contributed by atoms with Crippen LogP contribution in [0, 0.1) is 6.92 Å². The molecule has 0 N–H and O–H groups in total. The molecule has 0 aliphatic carbocycles. The maximum atomic E-state index is 6.21. The molecule has 2 rings (SSSR count). The Labute approximate surface area is 118 Å². The van der Waals surface area contributed by atoms with E-state index in [0.717, 1.165) is 28.1 Å². The third-order valence-corrected chi connectivity index (χ3v) is 3.83. The number of nitrogens with zero attached hydrogens (tertiary/aromatic N) is 2. The van der Waals surface area contributed by atoms with Crippen LogP contribution in [-0.2, 0) is 6.54 Å². The summed E-state index contributed by atoms with van der Waals surface area (Å²) in [6.45, 7) is 4.76. The molecular formula is C14H16Cl2N2. The number of aryl methyl sites for hydroxylation is 1. The molecule has 1 aromatic carbocycles. The SMILES string of the molecule is CCC(Cl)c1cnn(Cc2ccc(C)cc2Cl)c1. The third kappa shape index (κ3) is 3.06. The molecule has 0 bridgehead atoms. The predicted octanol–water partition coefficient (Wildman–Crippen LogP) is 4.58. The van der Waals surface area contributed by atoms with E-state index in [2.05, 4.69) is 18.1 Å². The molecule has 1 atom stereocenters. The molecule has 1 unspecified atom stereocenters. The van der Waals surface area contributed by atoms with Crippen LogP contribution in [0.15, 0.2) is 30.6 Å². The molecule has 0 fully saturated rings. The normalized spacial score (nSPS) is 12.7. The van der Waals surface area contributed by atoms with Crippen LogP contribution in [0.2, 0.25) is 5.02 Å². The first-order valence-electron chi connectivity index (χ1n) is 6.01. The Bertz CT molecular complexity index is 534. The maximum absolute atomic E-state index is 6.21. The fourth-order valence-corrected chi connectivity index (χ4v) is 2.23. The molecule has 0 amide bonds. The average Bonchev–Trinajstić information content (AvgIpc) is 2.80. The van der Waals surface area contributed by atoms with Gasteiger partial charge in [0.2, 0.25) is 0 Å². The standard InChI is InChI=1S/C14H16Cl2N2/c1-3-13(15)12-7-17-18(9-12)8-11-5-4-10(2)6-14(11)16/h4-7,9,13H,3,8H2,1-2H3. The van der Waals surface area contributed by atoms with Gasteiger partial charge in [-0.1, -0.05) is 30.7 Å². The first-order valence-corrected chi connectivity index (χ1v) is 6.83. The highest BCUT2D eigenvalue weighted by molar-refractivity contribution is 6.31. The van der Waals surface area contributed by atoms with Gasteiger partial charge in [0.05, 0.1) is 18.1 Å². The summed E-state index contributed by atoms with van der Waals surface area (Å²) in [4.78, 5) is 0. The van der Waals surface area contributed by atoms with Crippen LogP contribution in [0.5, 0.6) is 0 Å². The van der Waals surface area contributed by atoms with Crippen LogP contribution in [-0.4, -0.2) is 9.78 Å². The summed E-state index contributed by atoms with van der Waals surface area (Å²) in [5, 5.41) is 5.13. The Kier molecular flexibility index (Phi) is 4.31. The van der Waals surface area contributed by atoms with Crippen molar-refractivity contribution in [3.63, 3.8) is 0 Å². The van der Waals surface area contributed by atoms with E-state index >= 15 is 0 Å². The molecule has 2 aromatic rings. The maximum Gasteiger partial charge on any atom is 0.0674 e. The van der Waals surface area contributed by atoms with Gasteiger partial charge in [-0.3, -0.25) is 4.68 Å². The minimum Gasteiger partial charge on any atom is -0.268 e. The molecule has 0 aliphatic rings. The predicted molar refractivity (Wildman–Crippen MR) is 76.4 cm³/mol. The van der Waals surface area contributed by atoms with E-state index in [1.807, 2.05) is 36.1 Å². The van der Waals surface area contributed by atoms with Crippen LogP contribution in [0.3, 0.4) is 0 Å². The first kappa shape index (κ1) is 13.4. The Morgan fingerprint density at radius 1 is 1.39 bits per heavy atom. The van der Waals surface area contributed by atoms with Crippen molar-refractivity contribution in [2.24, 2.45) is 0 Å². The van der Waals surface area contributed by atoms with E-state index in [1.54, 1.807) is 0 Å². The number of halogens is 2. The van der Waals surface area contributed by atoms with Crippen LogP contribution in [0.4, 0.5) is 0 Å². The smallest absolute Gasteiger partial charge is 0.0674 e. The molecule has 0 spiro atoms. The van der Waals surface area contributed by atoms with E-state index in [4.69, 9.17) is 23.2 Å². The van der Waals surface area contributed by atoms with Gasteiger partial charge in [0.15, 0.2) is 0 Å². The van der Waals surface area contributed by atoms with Gasteiger partial charge in [-0.25, -0.2) is 0 Å². The van der Waals surface area contributed by atoms with Gasteiger partial charge in [0.25, 0.3) is 0 Å². The van der Waals surface area contributed by atoms with Gasteiger partial charge in [-0.05, 0) is 30.5 Å². The van der Waals surface area contributed by atoms with Crippen LogP contribution in [0.1, 0.15) is 35.4 Å². The second-order valence-electron chi connectivity index (χ2n) is 4.44. The molecule has 1 aromatic heterocycles. The van der Waals surface area contributed by atoms with Crippen molar-refractivity contribution < 1.29 is 0 Å². The van der Waals surface area contributed by atoms with Crippen LogP contribution in [0.25, 0.3) is 0 Å². The van der Waals surface area contributed by atoms with Crippen molar-refractivity contribution in [3.05, 3.63) is 52.3 Å². The van der Waals surface area contributed by atoms with Crippen molar-refractivity contribution in [1.29, 1.82) is 0 Å². The number of aromatic nitrogens is 2. The topological polar surface area (TPSA) is 17.8 Å². The molecule has 4 heteroatoms. The first-order chi connectivity index (χ1) is 8.60. The molecule has 96 valence electrons. The van der Waals surface area contributed by atoms with E-state index in [0.29, 0.717) is 6.54 Å². The lowest BCUT2D eigenvalue weighted by Gasteiger charge is -2.06. The number of rotatable bonds is 4. The van der Waals surface area contributed by atoms with Gasteiger partial charge in [0.1, 0.15) is 0 Å². The van der Waals surface area contributed by atoms with Crippen LogP contribution < -0.4 is 0 Å². The molecule has 1 heterocycles. The average molecular weight is 283 g/mol. The fraction of sp³-hybridized carbons (Fsp3) is 0.357. The van der Waals surface area contributed by atoms with Crippen LogP contribution >= 0.6 is 23.2 Å². The van der Waals surface area contributed by atoms with Crippen molar-refractivity contribution in [2.75, 3.05) is 0 Å². The number of hydrogen-bond acceptors (Lipinski definition) is 1. The highest BCUT2D eigenvalue weighted by Crippen LogP contribution is 2.24. The lowest BCUT2D eigenvalue weighted by atomic mass is 10.1. The lowest BCUT2D eigenvalue weighted by molar-refractivity contribution is 0.685. The summed E-state index contributed by atoms with van der Waals surface area (Å²) < 4.78 is 1.87. The van der Waals surface area contributed by atoms with Crippen molar-refractivity contribution >= 4 is 23.2 Å². The summed E-state index contributed by atoms with van der Waals surface area (Å²) in [5.41, 5.74) is 3.29.